The summed E-state index contributed by atoms with van der Waals surface area (Å²) in [5.41, 5.74) is 2.66. The number of hydrogen-bond acceptors (Lipinski definition) is 7. The first-order chi connectivity index (χ1) is 15.5. The molecule has 178 valence electrons. The Bertz CT molecular complexity index is 831. The molecule has 9 heteroatoms. The maximum Gasteiger partial charge on any atom is 1.00 e. The fourth-order valence-electron chi connectivity index (χ4n) is 3.06. The minimum atomic E-state index is -0.182. The number of benzene rings is 2. The second-order valence-electron chi connectivity index (χ2n) is 7.04. The van der Waals surface area contributed by atoms with E-state index in [1.165, 1.54) is 0 Å². The van der Waals surface area contributed by atoms with E-state index >= 15 is 0 Å². The number of aryl methyl sites for hydroxylation is 2. The number of carbonyl (C=O) groups is 1. The minimum absolute atomic E-state index is 0. The van der Waals surface area contributed by atoms with Crippen molar-refractivity contribution in [3.63, 3.8) is 0 Å². The Balaban J connectivity index is 0.00000544. The van der Waals surface area contributed by atoms with Crippen LogP contribution in [-0.4, -0.2) is 66.5 Å². The molecule has 33 heavy (non-hydrogen) atoms. The van der Waals surface area contributed by atoms with Crippen LogP contribution in [-0.2, 0) is 14.2 Å². The van der Waals surface area contributed by atoms with Crippen LogP contribution in [0, 0.1) is 13.8 Å². The fraction of sp³-hybridized carbons (Fsp3) is 0.458. The molecule has 0 fully saturated rings. The standard InChI is InChI=1S/C24H33O7P.Li.H/c1-17-7-6-8-18(2)22(17)24(25)32-23-20(30-13-10-27-4)15-19(29-12-9-26-3)16-21(23)31-14-11-28-5;;/h6-8,15-16,32H,9-14H2,1-5H3;;/q;+1;-1. The van der Waals surface area contributed by atoms with E-state index in [0.717, 1.165) is 16.7 Å². The summed E-state index contributed by atoms with van der Waals surface area (Å²) in [6.45, 7) is 6.24. The first kappa shape index (κ1) is 29.4. The van der Waals surface area contributed by atoms with Crippen molar-refractivity contribution in [3.05, 3.63) is 47.0 Å². The van der Waals surface area contributed by atoms with Crippen molar-refractivity contribution in [3.8, 4) is 17.2 Å². The quantitative estimate of drug-likeness (QED) is 0.214. The zero-order valence-electron chi connectivity index (χ0n) is 21.5. The second-order valence-corrected chi connectivity index (χ2v) is 8.24. The molecule has 0 heterocycles. The molecule has 1 atom stereocenters. The average molecular weight is 472 g/mol. The number of hydrogen-bond donors (Lipinski definition) is 0. The molecular formula is C24H34LiO7P. The Hall–Kier alpha value is -1.58. The fourth-order valence-corrected chi connectivity index (χ4v) is 4.34. The number of rotatable bonds is 15. The SMILES string of the molecule is COCCOc1cc(OCCOC)c(PC(=O)c2c(C)cccc2C)c(OCCOC)c1.[H-].[Li+]. The molecule has 0 aliphatic rings. The summed E-state index contributed by atoms with van der Waals surface area (Å²) in [7, 11) is 4.66. The van der Waals surface area contributed by atoms with Crippen LogP contribution in [0.15, 0.2) is 30.3 Å². The molecular weight excluding hydrogens is 438 g/mol. The van der Waals surface area contributed by atoms with E-state index in [9.17, 15) is 4.79 Å². The predicted molar refractivity (Wildman–Crippen MR) is 128 cm³/mol. The topological polar surface area (TPSA) is 72.5 Å². The molecule has 0 bridgehead atoms. The Morgan fingerprint density at radius 2 is 1.24 bits per heavy atom. The average Bonchev–Trinajstić information content (AvgIpc) is 2.76. The largest absolute Gasteiger partial charge is 1.00 e. The molecule has 0 amide bonds. The Morgan fingerprint density at radius 1 is 0.788 bits per heavy atom. The summed E-state index contributed by atoms with van der Waals surface area (Å²) in [6.07, 6.45) is 0. The van der Waals surface area contributed by atoms with Gasteiger partial charge in [0.05, 0.1) is 25.1 Å². The summed E-state index contributed by atoms with van der Waals surface area (Å²) in [6, 6.07) is 9.42. The molecule has 0 radical (unpaired) electrons. The molecule has 0 N–H and O–H groups in total. The molecule has 0 aromatic heterocycles. The van der Waals surface area contributed by atoms with Crippen LogP contribution in [0.5, 0.6) is 17.2 Å². The zero-order chi connectivity index (χ0) is 23.3. The molecule has 0 spiro atoms. The molecule has 2 aromatic rings. The Morgan fingerprint density at radius 3 is 1.70 bits per heavy atom. The van der Waals surface area contributed by atoms with Crippen molar-refractivity contribution in [2.75, 3.05) is 61.0 Å². The monoisotopic (exact) mass is 472 g/mol. The first-order valence-electron chi connectivity index (χ1n) is 10.4. The second kappa shape index (κ2) is 16.1. The van der Waals surface area contributed by atoms with E-state index in [4.69, 9.17) is 28.4 Å². The predicted octanol–water partition coefficient (Wildman–Crippen LogP) is 0.640. The van der Waals surface area contributed by atoms with Gasteiger partial charge in [-0.05, 0) is 33.6 Å². The van der Waals surface area contributed by atoms with Crippen molar-refractivity contribution >= 4 is 19.4 Å². The summed E-state index contributed by atoms with van der Waals surface area (Å²) in [4.78, 5) is 13.3. The maximum absolute atomic E-state index is 13.3. The third-order valence-corrected chi connectivity index (χ3v) is 5.85. The van der Waals surface area contributed by atoms with Gasteiger partial charge < -0.3 is 29.8 Å². The third-order valence-electron chi connectivity index (χ3n) is 4.63. The van der Waals surface area contributed by atoms with Crippen molar-refractivity contribution in [2.24, 2.45) is 0 Å². The summed E-state index contributed by atoms with van der Waals surface area (Å²) in [5.74, 6) is 1.67. The molecule has 0 aliphatic carbocycles. The van der Waals surface area contributed by atoms with E-state index in [-0.39, 0.29) is 34.4 Å². The van der Waals surface area contributed by atoms with Gasteiger partial charge in [-0.15, -0.1) is 0 Å². The summed E-state index contributed by atoms with van der Waals surface area (Å²) >= 11 is 0. The van der Waals surface area contributed by atoms with Gasteiger partial charge in [0.2, 0.25) is 0 Å². The van der Waals surface area contributed by atoms with E-state index in [1.807, 2.05) is 32.0 Å². The van der Waals surface area contributed by atoms with Crippen LogP contribution in [0.25, 0.3) is 0 Å². The van der Waals surface area contributed by atoms with Gasteiger partial charge in [-0.1, -0.05) is 18.2 Å². The van der Waals surface area contributed by atoms with Gasteiger partial charge in [-0.2, -0.15) is 0 Å². The van der Waals surface area contributed by atoms with Gasteiger partial charge >= 0.3 is 18.9 Å². The molecule has 1 unspecified atom stereocenters. The Kier molecular flexibility index (Phi) is 14.4. The molecule has 0 aliphatic heterocycles. The van der Waals surface area contributed by atoms with Crippen molar-refractivity contribution in [1.29, 1.82) is 0 Å². The van der Waals surface area contributed by atoms with Gasteiger partial charge in [-0.3, -0.25) is 4.79 Å². The van der Waals surface area contributed by atoms with E-state index in [2.05, 4.69) is 0 Å². The minimum Gasteiger partial charge on any atom is -1.00 e. The van der Waals surface area contributed by atoms with Crippen molar-refractivity contribution in [2.45, 2.75) is 13.8 Å². The molecule has 7 nitrogen and oxygen atoms in total. The van der Waals surface area contributed by atoms with Gasteiger partial charge in [0, 0.05) is 39.0 Å². The van der Waals surface area contributed by atoms with E-state index in [1.54, 1.807) is 33.5 Å². The van der Waals surface area contributed by atoms with Gasteiger partial charge in [0.15, 0.2) is 5.52 Å². The van der Waals surface area contributed by atoms with Gasteiger partial charge in [0.1, 0.15) is 37.1 Å². The van der Waals surface area contributed by atoms with E-state index in [0.29, 0.717) is 62.2 Å². The third kappa shape index (κ3) is 9.29. The maximum atomic E-state index is 13.3. The van der Waals surface area contributed by atoms with Crippen molar-refractivity contribution < 1.29 is 53.5 Å². The molecule has 2 rings (SSSR count). The summed E-state index contributed by atoms with van der Waals surface area (Å²) < 4.78 is 33.1. The van der Waals surface area contributed by atoms with Crippen LogP contribution >= 0.6 is 8.58 Å². The van der Waals surface area contributed by atoms with Crippen LogP contribution in [0.4, 0.5) is 0 Å². The van der Waals surface area contributed by atoms with Crippen molar-refractivity contribution in [1.82, 2.24) is 0 Å². The zero-order valence-corrected chi connectivity index (χ0v) is 21.5. The molecule has 0 saturated heterocycles. The number of methoxy groups -OCH3 is 3. The van der Waals surface area contributed by atoms with Crippen LogP contribution in [0.1, 0.15) is 22.9 Å². The van der Waals surface area contributed by atoms with E-state index < -0.39 is 0 Å². The normalized spacial score (nSPS) is 10.8. The number of carbonyl (C=O) groups excluding carboxylic acids is 1. The molecule has 2 aromatic carbocycles. The van der Waals surface area contributed by atoms with Gasteiger partial charge in [-0.25, -0.2) is 0 Å². The van der Waals surface area contributed by atoms with Crippen LogP contribution in [0.3, 0.4) is 0 Å². The summed E-state index contributed by atoms with van der Waals surface area (Å²) in [5, 5.41) is 0.698. The first-order valence-corrected chi connectivity index (χ1v) is 11.4. The number of ether oxygens (including phenoxy) is 6. The molecule has 0 saturated carbocycles. The van der Waals surface area contributed by atoms with Crippen LogP contribution < -0.4 is 38.4 Å². The smallest absolute Gasteiger partial charge is 1.00 e. The Labute approximate surface area is 211 Å². The van der Waals surface area contributed by atoms with Gasteiger partial charge in [0.25, 0.3) is 0 Å². The van der Waals surface area contributed by atoms with Crippen LogP contribution in [0.2, 0.25) is 0 Å².